The molecule has 4 aromatic rings. The Balaban J connectivity index is 1.10. The molecule has 0 saturated carbocycles. The standard InChI is InChI=1S/C43H60N8O7/c1-27(2)37(50-43(56-5)57-6)41(53)51-22-10-12-36(51)39-45-26-35(47-39)31-19-15-29(16-20-31)28-13-17-30(18-14-28)34-25-44-38(46-34)32-21-24-58-23-9-7-8-11-33(40(52)48-32)49-42(54-3)55-4/h13-20,25-27,32-33,36-37,42-43,49-50H,7-12,21-24H2,1-6H3,(H,44,46)(H,45,47)(H,48,52)/t32-,33+,36-,37-/m0/s1. The van der Waals surface area contributed by atoms with E-state index in [0.29, 0.717) is 38.4 Å². The molecule has 2 amide bonds. The van der Waals surface area contributed by atoms with Gasteiger partial charge in [-0.2, -0.15) is 0 Å². The summed E-state index contributed by atoms with van der Waals surface area (Å²) in [6.45, 7) is 5.89. The fourth-order valence-electron chi connectivity index (χ4n) is 7.69. The number of ether oxygens (including phenoxy) is 5. The van der Waals surface area contributed by atoms with E-state index in [1.807, 2.05) is 24.9 Å². The topological polar surface area (TPSA) is 177 Å². The van der Waals surface area contributed by atoms with Crippen LogP contribution in [-0.2, 0) is 33.3 Å². The normalized spacial score (nSPS) is 20.3. The number of H-pyrrole nitrogens is 2. The van der Waals surface area contributed by atoms with Gasteiger partial charge in [-0.15, -0.1) is 0 Å². The number of methoxy groups -OCH3 is 4. The lowest BCUT2D eigenvalue weighted by Crippen LogP contribution is -2.53. The van der Waals surface area contributed by atoms with Gasteiger partial charge in [0.1, 0.15) is 11.6 Å². The molecule has 2 saturated heterocycles. The molecule has 2 aromatic carbocycles. The molecule has 0 spiro atoms. The number of aromatic nitrogens is 4. The minimum Gasteiger partial charge on any atom is -0.381 e. The van der Waals surface area contributed by atoms with Crippen molar-refractivity contribution in [3.63, 3.8) is 0 Å². The zero-order valence-electron chi connectivity index (χ0n) is 34.6. The molecular formula is C43H60N8O7. The van der Waals surface area contributed by atoms with Gasteiger partial charge in [0.15, 0.2) is 0 Å². The number of likely N-dealkylation sites (tertiary alicyclic amines) is 1. The highest BCUT2D eigenvalue weighted by Crippen LogP contribution is 2.33. The summed E-state index contributed by atoms with van der Waals surface area (Å²) in [5.74, 6) is 1.37. The van der Waals surface area contributed by atoms with E-state index >= 15 is 0 Å². The van der Waals surface area contributed by atoms with Gasteiger partial charge < -0.3 is 43.9 Å². The molecule has 0 bridgehead atoms. The van der Waals surface area contributed by atoms with Crippen LogP contribution in [0, 0.1) is 5.92 Å². The minimum atomic E-state index is -0.683. The van der Waals surface area contributed by atoms with Crippen molar-refractivity contribution in [2.75, 3.05) is 48.2 Å². The minimum absolute atomic E-state index is 0.0130. The summed E-state index contributed by atoms with van der Waals surface area (Å²) in [6.07, 6.45) is 8.08. The number of benzene rings is 2. The highest BCUT2D eigenvalue weighted by Gasteiger charge is 2.37. The molecule has 4 heterocycles. The van der Waals surface area contributed by atoms with Gasteiger partial charge in [-0.25, -0.2) is 9.97 Å². The van der Waals surface area contributed by atoms with Crippen LogP contribution in [-0.4, -0.2) is 110 Å². The van der Waals surface area contributed by atoms with Crippen LogP contribution in [0.4, 0.5) is 0 Å². The fourth-order valence-corrected chi connectivity index (χ4v) is 7.69. The van der Waals surface area contributed by atoms with E-state index in [4.69, 9.17) is 33.7 Å². The van der Waals surface area contributed by atoms with Crippen molar-refractivity contribution in [1.82, 2.24) is 40.8 Å². The summed E-state index contributed by atoms with van der Waals surface area (Å²) in [5, 5.41) is 9.56. The molecule has 6 rings (SSSR count). The summed E-state index contributed by atoms with van der Waals surface area (Å²) in [6, 6.07) is 15.3. The number of nitrogens with zero attached hydrogens (tertiary/aromatic N) is 3. The van der Waals surface area contributed by atoms with Gasteiger partial charge in [0.25, 0.3) is 0 Å². The summed E-state index contributed by atoms with van der Waals surface area (Å²) < 4.78 is 27.2. The van der Waals surface area contributed by atoms with Crippen molar-refractivity contribution in [2.45, 2.75) is 95.8 Å². The maximum absolute atomic E-state index is 13.8. The second-order valence-corrected chi connectivity index (χ2v) is 15.2. The first kappa shape index (κ1) is 43.1. The molecule has 0 unspecified atom stereocenters. The van der Waals surface area contributed by atoms with Crippen LogP contribution in [0.15, 0.2) is 60.9 Å². The van der Waals surface area contributed by atoms with Crippen LogP contribution >= 0.6 is 0 Å². The number of carbonyl (C=O) groups is 2. The van der Waals surface area contributed by atoms with Crippen molar-refractivity contribution in [2.24, 2.45) is 5.92 Å². The van der Waals surface area contributed by atoms with Crippen molar-refractivity contribution in [1.29, 1.82) is 0 Å². The van der Waals surface area contributed by atoms with Crippen LogP contribution in [0.3, 0.4) is 0 Å². The third-order valence-electron chi connectivity index (χ3n) is 11.0. The highest BCUT2D eigenvalue weighted by atomic mass is 16.7. The SMILES string of the molecule is COC(N[C@H](C(=O)N1CCC[C@H]1c1ncc(-c2ccc(-c3ccc(-c4cnc([C@@H]5CCOCCCCC[C@@H](NC(OC)OC)C(=O)N5)[nH]4)cc3)cc2)[nH]1)C(C)C)OC. The van der Waals surface area contributed by atoms with E-state index in [2.05, 4.69) is 74.4 Å². The molecule has 5 N–H and O–H groups in total. The monoisotopic (exact) mass is 800 g/mol. The van der Waals surface area contributed by atoms with Gasteiger partial charge in [0, 0.05) is 48.2 Å². The van der Waals surface area contributed by atoms with Crippen molar-refractivity contribution in [3.05, 3.63) is 72.6 Å². The van der Waals surface area contributed by atoms with Gasteiger partial charge in [0.05, 0.1) is 47.9 Å². The molecule has 0 aliphatic carbocycles. The first-order chi connectivity index (χ1) is 28.2. The predicted octanol–water partition coefficient (Wildman–Crippen LogP) is 5.66. The first-order valence-corrected chi connectivity index (χ1v) is 20.4. The van der Waals surface area contributed by atoms with Gasteiger partial charge >= 0.3 is 0 Å². The molecule has 314 valence electrons. The maximum atomic E-state index is 13.8. The molecule has 15 heteroatoms. The zero-order valence-corrected chi connectivity index (χ0v) is 34.6. The number of hydrogen-bond acceptors (Lipinski definition) is 11. The Kier molecular flexibility index (Phi) is 15.6. The maximum Gasteiger partial charge on any atom is 0.240 e. The second kappa shape index (κ2) is 21.0. The van der Waals surface area contributed by atoms with Crippen molar-refractivity contribution >= 4 is 11.8 Å². The molecule has 0 radical (unpaired) electrons. The first-order valence-electron chi connectivity index (χ1n) is 20.4. The summed E-state index contributed by atoms with van der Waals surface area (Å²) in [4.78, 5) is 45.6. The molecule has 2 aliphatic rings. The van der Waals surface area contributed by atoms with Gasteiger partial charge in [0.2, 0.25) is 24.6 Å². The van der Waals surface area contributed by atoms with E-state index in [0.717, 1.165) is 71.6 Å². The molecule has 2 aromatic heterocycles. The van der Waals surface area contributed by atoms with Gasteiger partial charge in [-0.1, -0.05) is 75.2 Å². The van der Waals surface area contributed by atoms with Crippen molar-refractivity contribution < 1.29 is 33.3 Å². The highest BCUT2D eigenvalue weighted by molar-refractivity contribution is 5.83. The van der Waals surface area contributed by atoms with Crippen LogP contribution in [0.5, 0.6) is 0 Å². The number of rotatable bonds is 15. The summed E-state index contributed by atoms with van der Waals surface area (Å²) >= 11 is 0. The average Bonchev–Trinajstić information content (AvgIpc) is 4.04. The lowest BCUT2D eigenvalue weighted by Gasteiger charge is -2.32. The largest absolute Gasteiger partial charge is 0.381 e. The lowest BCUT2D eigenvalue weighted by molar-refractivity contribution is -0.151. The van der Waals surface area contributed by atoms with E-state index in [1.165, 1.54) is 0 Å². The van der Waals surface area contributed by atoms with Crippen molar-refractivity contribution in [3.8, 4) is 33.6 Å². The van der Waals surface area contributed by atoms with E-state index < -0.39 is 24.9 Å². The average molecular weight is 801 g/mol. The Morgan fingerprint density at radius 3 is 1.93 bits per heavy atom. The Morgan fingerprint density at radius 2 is 1.33 bits per heavy atom. The van der Waals surface area contributed by atoms with E-state index in [1.54, 1.807) is 34.6 Å². The van der Waals surface area contributed by atoms with Crippen LogP contribution in [0.1, 0.15) is 82.5 Å². The Hall–Kier alpha value is -4.48. The van der Waals surface area contributed by atoms with Crippen LogP contribution < -0.4 is 16.0 Å². The number of imidazole rings is 2. The number of aromatic amines is 2. The number of hydrogen-bond donors (Lipinski definition) is 5. The summed E-state index contributed by atoms with van der Waals surface area (Å²) in [7, 11) is 6.18. The fraction of sp³-hybridized carbons (Fsp3) is 0.535. The van der Waals surface area contributed by atoms with Crippen LogP contribution in [0.2, 0.25) is 0 Å². The smallest absolute Gasteiger partial charge is 0.240 e. The lowest BCUT2D eigenvalue weighted by atomic mass is 10.0. The Bertz CT molecular complexity index is 1870. The predicted molar refractivity (Wildman–Crippen MR) is 220 cm³/mol. The molecule has 2 aliphatic heterocycles. The third kappa shape index (κ3) is 10.8. The van der Waals surface area contributed by atoms with E-state index in [-0.39, 0.29) is 29.8 Å². The quantitative estimate of drug-likeness (QED) is 0.0938. The molecule has 4 atom stereocenters. The number of amides is 2. The molecular weight excluding hydrogens is 741 g/mol. The summed E-state index contributed by atoms with van der Waals surface area (Å²) in [5.41, 5.74) is 5.89. The van der Waals surface area contributed by atoms with E-state index in [9.17, 15) is 9.59 Å². The second-order valence-electron chi connectivity index (χ2n) is 15.2. The zero-order chi connectivity index (χ0) is 41.0. The molecule has 58 heavy (non-hydrogen) atoms. The molecule has 2 fully saturated rings. The number of nitrogens with one attached hydrogen (secondary N) is 5. The molecule has 15 nitrogen and oxygen atoms in total. The Labute approximate surface area is 341 Å². The van der Waals surface area contributed by atoms with Gasteiger partial charge in [-0.05, 0) is 60.3 Å². The number of carbonyl (C=O) groups excluding carboxylic acids is 2. The van der Waals surface area contributed by atoms with Gasteiger partial charge in [-0.3, -0.25) is 20.2 Å². The third-order valence-corrected chi connectivity index (χ3v) is 11.0. The Morgan fingerprint density at radius 1 is 0.741 bits per heavy atom. The van der Waals surface area contributed by atoms with Crippen LogP contribution in [0.25, 0.3) is 33.6 Å².